The Hall–Kier alpha value is -2.77. The molecule has 1 aromatic carbocycles. The van der Waals surface area contributed by atoms with Gasteiger partial charge in [0.1, 0.15) is 6.10 Å². The topological polar surface area (TPSA) is 100.0 Å². The molecule has 0 amide bonds. The standard InChI is InChI=1S/C19H22N2O.C7H8O4/c1-2-13-12-21-10-8-14(13)11-18(21)19(22)16-7-9-20-17-6-4-3-5-15(16)17;8-6(9)4-1-3-2-5(4)7(10)11-3/h2-7,9,13-14,18-19,22H,1,8,10-12H2;3-5H,1-2H2,(H,8,9)/t13-,14-,18-,19+;3-,4-,5-/m01/s1. The summed E-state index contributed by atoms with van der Waals surface area (Å²) in [5.41, 5.74) is 1.97. The average molecular weight is 451 g/mol. The van der Waals surface area contributed by atoms with Gasteiger partial charge in [0, 0.05) is 24.2 Å². The average Bonchev–Trinajstić information content (AvgIpc) is 3.44. The second-order valence-electron chi connectivity index (χ2n) is 9.69. The van der Waals surface area contributed by atoms with Crippen molar-refractivity contribution in [3.8, 4) is 0 Å². The number of carbonyl (C=O) groups excluding carboxylic acids is 1. The third kappa shape index (κ3) is 4.04. The number of carboxylic acids is 1. The van der Waals surface area contributed by atoms with Crippen molar-refractivity contribution >= 4 is 22.8 Å². The highest BCUT2D eigenvalue weighted by Gasteiger charge is 2.51. The lowest BCUT2D eigenvalue weighted by molar-refractivity contribution is -0.158. The number of piperidine rings is 3. The first-order valence-corrected chi connectivity index (χ1v) is 11.8. The van der Waals surface area contributed by atoms with Crippen LogP contribution in [-0.4, -0.2) is 57.3 Å². The van der Waals surface area contributed by atoms with Gasteiger partial charge in [-0.3, -0.25) is 19.5 Å². The Kier molecular flexibility index (Phi) is 5.93. The molecule has 174 valence electrons. The van der Waals surface area contributed by atoms with E-state index in [9.17, 15) is 14.7 Å². The molecule has 5 fully saturated rings. The van der Waals surface area contributed by atoms with Crippen LogP contribution in [-0.2, 0) is 14.3 Å². The largest absolute Gasteiger partial charge is 0.481 e. The Labute approximate surface area is 193 Å². The van der Waals surface area contributed by atoms with Crippen molar-refractivity contribution in [2.75, 3.05) is 13.1 Å². The van der Waals surface area contributed by atoms with E-state index in [0.29, 0.717) is 24.7 Å². The van der Waals surface area contributed by atoms with E-state index in [2.05, 4.69) is 28.6 Å². The molecule has 4 bridgehead atoms. The van der Waals surface area contributed by atoms with Gasteiger partial charge in [0.15, 0.2) is 0 Å². The minimum absolute atomic E-state index is 0.117. The summed E-state index contributed by atoms with van der Waals surface area (Å²) in [6, 6.07) is 10.3. The highest BCUT2D eigenvalue weighted by molar-refractivity contribution is 5.84. The number of aliphatic hydroxyl groups is 1. The summed E-state index contributed by atoms with van der Waals surface area (Å²) in [6.45, 7) is 6.11. The SMILES string of the molecule is C=C[C@H]1CN2CC[C@H]1C[C@H]2[C@H](O)c1ccnc2ccccc12.O=C(O)[C@@H]1C[C@@H]2C[C@H]1C(=O)O2. The number of ether oxygens (including phenoxy) is 1. The molecule has 5 aliphatic rings. The van der Waals surface area contributed by atoms with Crippen molar-refractivity contribution in [2.45, 2.75) is 43.9 Å². The Morgan fingerprint density at radius 2 is 2.06 bits per heavy atom. The number of para-hydroxylation sites is 1. The highest BCUT2D eigenvalue weighted by atomic mass is 16.6. The first kappa shape index (κ1) is 22.0. The van der Waals surface area contributed by atoms with E-state index in [4.69, 9.17) is 9.84 Å². The molecule has 1 aliphatic carbocycles. The van der Waals surface area contributed by atoms with Crippen LogP contribution < -0.4 is 0 Å². The molecule has 4 aliphatic heterocycles. The lowest BCUT2D eigenvalue weighted by atomic mass is 9.73. The molecular weight excluding hydrogens is 420 g/mol. The molecule has 5 heterocycles. The predicted molar refractivity (Wildman–Crippen MR) is 122 cm³/mol. The maximum absolute atomic E-state index is 11.0. The van der Waals surface area contributed by atoms with Crippen molar-refractivity contribution in [1.29, 1.82) is 0 Å². The van der Waals surface area contributed by atoms with Crippen LogP contribution in [0.5, 0.6) is 0 Å². The van der Waals surface area contributed by atoms with Gasteiger partial charge in [-0.15, -0.1) is 6.58 Å². The molecule has 0 spiro atoms. The van der Waals surface area contributed by atoms with E-state index in [1.54, 1.807) is 0 Å². The summed E-state index contributed by atoms with van der Waals surface area (Å²) in [4.78, 5) is 28.2. The molecule has 8 atom stereocenters. The number of pyridine rings is 1. The van der Waals surface area contributed by atoms with Crippen LogP contribution >= 0.6 is 0 Å². The van der Waals surface area contributed by atoms with Crippen LogP contribution in [0.2, 0.25) is 0 Å². The quantitative estimate of drug-likeness (QED) is 0.545. The van der Waals surface area contributed by atoms with E-state index >= 15 is 0 Å². The zero-order chi connectivity index (χ0) is 23.1. The number of aromatic nitrogens is 1. The number of rotatable bonds is 4. The van der Waals surface area contributed by atoms with Crippen molar-refractivity contribution in [3.05, 3.63) is 54.7 Å². The van der Waals surface area contributed by atoms with Crippen molar-refractivity contribution in [3.63, 3.8) is 0 Å². The first-order valence-electron chi connectivity index (χ1n) is 11.8. The van der Waals surface area contributed by atoms with E-state index in [1.807, 2.05) is 30.5 Å². The number of carboxylic acid groups (broad SMARTS) is 1. The first-order chi connectivity index (χ1) is 16.0. The summed E-state index contributed by atoms with van der Waals surface area (Å²) < 4.78 is 4.84. The molecule has 0 radical (unpaired) electrons. The lowest BCUT2D eigenvalue weighted by Crippen LogP contribution is -2.54. The van der Waals surface area contributed by atoms with Gasteiger partial charge in [-0.25, -0.2) is 0 Å². The molecule has 1 unspecified atom stereocenters. The minimum Gasteiger partial charge on any atom is -0.481 e. The molecule has 2 aromatic rings. The molecule has 1 saturated carbocycles. The fourth-order valence-corrected chi connectivity index (χ4v) is 6.16. The van der Waals surface area contributed by atoms with Crippen LogP contribution in [0.3, 0.4) is 0 Å². The molecule has 33 heavy (non-hydrogen) atoms. The maximum Gasteiger partial charge on any atom is 0.310 e. The van der Waals surface area contributed by atoms with Crippen LogP contribution in [0.4, 0.5) is 0 Å². The maximum atomic E-state index is 11.0. The Morgan fingerprint density at radius 1 is 1.24 bits per heavy atom. The summed E-state index contributed by atoms with van der Waals surface area (Å²) in [5, 5.41) is 20.7. The molecule has 1 aromatic heterocycles. The Bertz CT molecular complexity index is 1070. The Balaban J connectivity index is 0.000000174. The molecule has 4 saturated heterocycles. The number of nitrogens with zero attached hydrogens (tertiary/aromatic N) is 2. The third-order valence-corrected chi connectivity index (χ3v) is 7.94. The van der Waals surface area contributed by atoms with Crippen molar-refractivity contribution in [2.24, 2.45) is 23.7 Å². The highest BCUT2D eigenvalue weighted by Crippen LogP contribution is 2.42. The molecule has 7 nitrogen and oxygen atoms in total. The van der Waals surface area contributed by atoms with Crippen LogP contribution in [0.15, 0.2) is 49.2 Å². The summed E-state index contributed by atoms with van der Waals surface area (Å²) in [7, 11) is 0. The van der Waals surface area contributed by atoms with Crippen molar-refractivity contribution in [1.82, 2.24) is 9.88 Å². The van der Waals surface area contributed by atoms with Crippen molar-refractivity contribution < 1.29 is 24.5 Å². The second-order valence-corrected chi connectivity index (χ2v) is 9.69. The van der Waals surface area contributed by atoms with Crippen LogP contribution in [0.1, 0.15) is 37.4 Å². The van der Waals surface area contributed by atoms with Gasteiger partial charge >= 0.3 is 11.9 Å². The Morgan fingerprint density at radius 3 is 2.70 bits per heavy atom. The van der Waals surface area contributed by atoms with E-state index < -0.39 is 18.0 Å². The monoisotopic (exact) mass is 450 g/mol. The number of hydrogen-bond acceptors (Lipinski definition) is 6. The van der Waals surface area contributed by atoms with Gasteiger partial charge in [-0.05, 0) is 61.8 Å². The normalized spacial score (nSPS) is 34.9. The van der Waals surface area contributed by atoms with Crippen LogP contribution in [0.25, 0.3) is 10.9 Å². The lowest BCUT2D eigenvalue weighted by Gasteiger charge is -2.50. The minimum atomic E-state index is -0.867. The number of hydrogen-bond donors (Lipinski definition) is 2. The predicted octanol–water partition coefficient (Wildman–Crippen LogP) is 3.19. The molecular formula is C26H30N2O5. The summed E-state index contributed by atoms with van der Waals surface area (Å²) in [6.07, 6.45) is 6.76. The smallest absolute Gasteiger partial charge is 0.310 e. The van der Waals surface area contributed by atoms with Gasteiger partial charge < -0.3 is 14.9 Å². The third-order valence-electron chi connectivity index (χ3n) is 7.94. The number of aliphatic hydroxyl groups excluding tert-OH is 1. The van der Waals surface area contributed by atoms with E-state index in [1.165, 1.54) is 6.42 Å². The number of benzene rings is 1. The zero-order valence-corrected chi connectivity index (χ0v) is 18.5. The second kappa shape index (κ2) is 8.88. The van der Waals surface area contributed by atoms with E-state index in [0.717, 1.165) is 36.0 Å². The van der Waals surface area contributed by atoms with Gasteiger partial charge in [0.05, 0.1) is 23.5 Å². The van der Waals surface area contributed by atoms with Gasteiger partial charge in [0.25, 0.3) is 0 Å². The fraction of sp³-hybridized carbons (Fsp3) is 0.500. The summed E-state index contributed by atoms with van der Waals surface area (Å²) >= 11 is 0. The fourth-order valence-electron chi connectivity index (χ4n) is 6.16. The van der Waals surface area contributed by atoms with E-state index in [-0.39, 0.29) is 24.0 Å². The zero-order valence-electron chi connectivity index (χ0n) is 18.5. The molecule has 7 rings (SSSR count). The number of esters is 1. The molecule has 7 heteroatoms. The van der Waals surface area contributed by atoms with Gasteiger partial charge in [-0.2, -0.15) is 0 Å². The summed E-state index contributed by atoms with van der Waals surface area (Å²) in [5.74, 6) is -0.775. The number of carbonyl (C=O) groups is 2. The van der Waals surface area contributed by atoms with Crippen LogP contribution in [0, 0.1) is 23.7 Å². The van der Waals surface area contributed by atoms with Gasteiger partial charge in [0.2, 0.25) is 0 Å². The number of fused-ring (bicyclic) bond motifs is 6. The molecule has 2 N–H and O–H groups in total. The van der Waals surface area contributed by atoms with Gasteiger partial charge in [-0.1, -0.05) is 24.3 Å². The number of aliphatic carboxylic acids is 1.